The maximum Gasteiger partial charge on any atom is 0.416 e. The summed E-state index contributed by atoms with van der Waals surface area (Å²) in [6, 6.07) is 9.38. The lowest BCUT2D eigenvalue weighted by molar-refractivity contribution is -0.145. The molecule has 2 aliphatic rings. The molecule has 3 amide bonds. The minimum Gasteiger partial charge on any atom is -0.369 e. The highest BCUT2D eigenvalue weighted by atomic mass is 19.4. The summed E-state index contributed by atoms with van der Waals surface area (Å²) in [6.45, 7) is 2.35. The molecule has 0 spiro atoms. The summed E-state index contributed by atoms with van der Waals surface area (Å²) >= 11 is 0. The number of nitrogens with one attached hydrogen (secondary N) is 2. The predicted molar refractivity (Wildman–Crippen MR) is 128 cm³/mol. The van der Waals surface area contributed by atoms with Crippen molar-refractivity contribution in [2.24, 2.45) is 0 Å². The number of halogens is 4. The average Bonchev–Trinajstić information content (AvgIpc) is 2.86. The van der Waals surface area contributed by atoms with E-state index in [1.165, 1.54) is 35.2 Å². The molecule has 2 aliphatic heterocycles. The van der Waals surface area contributed by atoms with Crippen molar-refractivity contribution in [3.8, 4) is 0 Å². The van der Waals surface area contributed by atoms with Crippen LogP contribution in [0.2, 0.25) is 0 Å². The topological polar surface area (TPSA) is 85.0 Å². The van der Waals surface area contributed by atoms with E-state index in [-0.39, 0.29) is 32.0 Å². The molecule has 0 bridgehead atoms. The number of nitrogens with zero attached hydrogens (tertiary/aromatic N) is 3. The summed E-state index contributed by atoms with van der Waals surface area (Å²) in [7, 11) is 0. The molecule has 0 aliphatic carbocycles. The van der Waals surface area contributed by atoms with Crippen LogP contribution < -0.4 is 15.5 Å². The van der Waals surface area contributed by atoms with Crippen LogP contribution in [0.15, 0.2) is 48.5 Å². The lowest BCUT2D eigenvalue weighted by atomic mass is 10.1. The second-order valence-corrected chi connectivity index (χ2v) is 8.96. The summed E-state index contributed by atoms with van der Waals surface area (Å²) in [5, 5.41) is 5.28. The SMILES string of the molecule is O=C(CC1C(=O)NCCN1C(=O)CN1CCN(c2cccc(C(F)(F)F)c2)CC1)Nc1ccc(F)cc1. The highest BCUT2D eigenvalue weighted by Crippen LogP contribution is 2.32. The molecular weight excluding hydrogens is 494 g/mol. The van der Waals surface area contributed by atoms with Gasteiger partial charge in [-0.2, -0.15) is 13.2 Å². The molecule has 8 nitrogen and oxygen atoms in total. The van der Waals surface area contributed by atoms with E-state index in [9.17, 15) is 31.9 Å². The number of carbonyl (C=O) groups excluding carboxylic acids is 3. The zero-order valence-corrected chi connectivity index (χ0v) is 19.9. The van der Waals surface area contributed by atoms with Gasteiger partial charge in [0.05, 0.1) is 18.5 Å². The van der Waals surface area contributed by atoms with E-state index in [0.717, 1.165) is 12.1 Å². The number of anilines is 2. The minimum atomic E-state index is -4.42. The molecule has 198 valence electrons. The fourth-order valence-corrected chi connectivity index (χ4v) is 4.46. The van der Waals surface area contributed by atoms with Gasteiger partial charge in [-0.1, -0.05) is 6.07 Å². The monoisotopic (exact) mass is 521 g/mol. The number of piperazine rings is 2. The van der Waals surface area contributed by atoms with Crippen molar-refractivity contribution < 1.29 is 31.9 Å². The second kappa shape index (κ2) is 11.2. The van der Waals surface area contributed by atoms with Crippen molar-refractivity contribution in [3.05, 3.63) is 59.9 Å². The van der Waals surface area contributed by atoms with Crippen LogP contribution in [0.3, 0.4) is 0 Å². The van der Waals surface area contributed by atoms with Crippen molar-refractivity contribution >= 4 is 29.1 Å². The Morgan fingerprint density at radius 1 is 1.00 bits per heavy atom. The maximum atomic E-state index is 13.1. The van der Waals surface area contributed by atoms with Crippen molar-refractivity contribution in [1.82, 2.24) is 15.1 Å². The number of hydrogen-bond donors (Lipinski definition) is 2. The van der Waals surface area contributed by atoms with Gasteiger partial charge >= 0.3 is 6.18 Å². The lowest BCUT2D eigenvalue weighted by Crippen LogP contribution is -2.60. The van der Waals surface area contributed by atoms with E-state index in [0.29, 0.717) is 37.6 Å². The van der Waals surface area contributed by atoms with Gasteiger partial charge in [0.25, 0.3) is 0 Å². The molecule has 12 heteroatoms. The Labute approximate surface area is 211 Å². The van der Waals surface area contributed by atoms with Crippen molar-refractivity contribution in [3.63, 3.8) is 0 Å². The zero-order valence-electron chi connectivity index (χ0n) is 19.9. The van der Waals surface area contributed by atoms with Crippen molar-refractivity contribution in [1.29, 1.82) is 0 Å². The lowest BCUT2D eigenvalue weighted by Gasteiger charge is -2.39. The molecule has 0 saturated carbocycles. The first kappa shape index (κ1) is 26.4. The number of benzene rings is 2. The molecule has 2 heterocycles. The largest absolute Gasteiger partial charge is 0.416 e. The first-order valence-electron chi connectivity index (χ1n) is 11.9. The third-order valence-corrected chi connectivity index (χ3v) is 6.43. The van der Waals surface area contributed by atoms with Gasteiger partial charge in [-0.05, 0) is 42.5 Å². The fraction of sp³-hybridized carbons (Fsp3) is 0.400. The quantitative estimate of drug-likeness (QED) is 0.571. The third-order valence-electron chi connectivity index (χ3n) is 6.43. The summed E-state index contributed by atoms with van der Waals surface area (Å²) in [5.41, 5.74) is 0.139. The fourth-order valence-electron chi connectivity index (χ4n) is 4.46. The van der Waals surface area contributed by atoms with Crippen molar-refractivity contribution in [2.75, 3.05) is 56.0 Å². The van der Waals surface area contributed by atoms with Gasteiger partial charge in [0.1, 0.15) is 11.9 Å². The van der Waals surface area contributed by atoms with E-state index in [2.05, 4.69) is 10.6 Å². The molecule has 0 radical (unpaired) electrons. The zero-order chi connectivity index (χ0) is 26.6. The Bertz CT molecular complexity index is 1130. The van der Waals surface area contributed by atoms with Crippen LogP contribution in [0.5, 0.6) is 0 Å². The first-order chi connectivity index (χ1) is 17.6. The standard InChI is InChI=1S/C25H27F4N5O3/c26-18-4-6-19(7-5-18)31-22(35)15-21-24(37)30-8-9-34(21)23(36)16-32-10-12-33(13-11-32)20-3-1-2-17(14-20)25(27,28)29/h1-7,14,21H,8-13,15-16H2,(H,30,37)(H,31,35). The molecule has 0 aromatic heterocycles. The molecule has 2 fully saturated rings. The van der Waals surface area contributed by atoms with Gasteiger partial charge in [0.15, 0.2) is 0 Å². The molecule has 1 atom stereocenters. The first-order valence-corrected chi connectivity index (χ1v) is 11.9. The summed E-state index contributed by atoms with van der Waals surface area (Å²) in [5.74, 6) is -1.66. The summed E-state index contributed by atoms with van der Waals surface area (Å²) < 4.78 is 52.2. The average molecular weight is 522 g/mol. The Morgan fingerprint density at radius 3 is 2.38 bits per heavy atom. The smallest absolute Gasteiger partial charge is 0.369 e. The Kier molecular flexibility index (Phi) is 7.96. The van der Waals surface area contributed by atoms with Crippen LogP contribution in [0.4, 0.5) is 28.9 Å². The molecule has 1 unspecified atom stereocenters. The van der Waals surface area contributed by atoms with Gasteiger partial charge in [0, 0.05) is 50.6 Å². The molecule has 2 saturated heterocycles. The van der Waals surface area contributed by atoms with Gasteiger partial charge in [0.2, 0.25) is 17.7 Å². The Morgan fingerprint density at radius 2 is 1.70 bits per heavy atom. The summed E-state index contributed by atoms with van der Waals surface area (Å²) in [4.78, 5) is 43.2. The highest BCUT2D eigenvalue weighted by molar-refractivity contribution is 5.97. The Hall–Kier alpha value is -3.67. The van der Waals surface area contributed by atoms with E-state index >= 15 is 0 Å². The van der Waals surface area contributed by atoms with Gasteiger partial charge in [-0.3, -0.25) is 19.3 Å². The number of alkyl halides is 3. The van der Waals surface area contributed by atoms with Gasteiger partial charge < -0.3 is 20.4 Å². The molecule has 2 aromatic carbocycles. The third kappa shape index (κ3) is 6.76. The minimum absolute atomic E-state index is 0.0276. The number of rotatable bonds is 6. The van der Waals surface area contributed by atoms with Crippen LogP contribution in [0.1, 0.15) is 12.0 Å². The van der Waals surface area contributed by atoms with Crippen LogP contribution in [0, 0.1) is 5.82 Å². The molecule has 2 aromatic rings. The maximum absolute atomic E-state index is 13.1. The van der Waals surface area contributed by atoms with Crippen LogP contribution in [-0.4, -0.2) is 79.4 Å². The van der Waals surface area contributed by atoms with E-state index in [1.807, 2.05) is 9.80 Å². The normalized spacial score (nSPS) is 18.9. The van der Waals surface area contributed by atoms with Crippen LogP contribution in [0.25, 0.3) is 0 Å². The molecule has 4 rings (SSSR count). The van der Waals surface area contributed by atoms with Gasteiger partial charge in [-0.25, -0.2) is 4.39 Å². The molecule has 37 heavy (non-hydrogen) atoms. The van der Waals surface area contributed by atoms with E-state index in [1.54, 1.807) is 6.07 Å². The predicted octanol–water partition coefficient (Wildman–Crippen LogP) is 2.32. The van der Waals surface area contributed by atoms with E-state index in [4.69, 9.17) is 0 Å². The van der Waals surface area contributed by atoms with Crippen LogP contribution in [-0.2, 0) is 20.6 Å². The number of hydrogen-bond acceptors (Lipinski definition) is 5. The van der Waals surface area contributed by atoms with E-state index < -0.39 is 35.4 Å². The number of amides is 3. The number of carbonyl (C=O) groups is 3. The highest BCUT2D eigenvalue weighted by Gasteiger charge is 2.36. The van der Waals surface area contributed by atoms with Crippen molar-refractivity contribution in [2.45, 2.75) is 18.6 Å². The van der Waals surface area contributed by atoms with Crippen LogP contribution >= 0.6 is 0 Å². The Balaban J connectivity index is 1.32. The second-order valence-electron chi connectivity index (χ2n) is 8.96. The molecular formula is C25H27F4N5O3. The van der Waals surface area contributed by atoms with Gasteiger partial charge in [-0.15, -0.1) is 0 Å². The summed E-state index contributed by atoms with van der Waals surface area (Å²) in [6.07, 6.45) is -4.67. The molecule has 2 N–H and O–H groups in total.